The van der Waals surface area contributed by atoms with Gasteiger partial charge in [0.2, 0.25) is 5.91 Å². The fourth-order valence-corrected chi connectivity index (χ4v) is 3.27. The number of nitrogens with zero attached hydrogens (tertiary/aromatic N) is 6. The minimum Gasteiger partial charge on any atom is -0.353 e. The van der Waals surface area contributed by atoms with Gasteiger partial charge < -0.3 is 10.2 Å². The van der Waals surface area contributed by atoms with E-state index in [1.807, 2.05) is 11.9 Å². The maximum atomic E-state index is 13.6. The van der Waals surface area contributed by atoms with E-state index in [0.717, 1.165) is 43.0 Å². The molecule has 1 fully saturated rings. The lowest BCUT2D eigenvalue weighted by Gasteiger charge is -2.35. The first-order chi connectivity index (χ1) is 13.1. The van der Waals surface area contributed by atoms with Gasteiger partial charge in [0.05, 0.1) is 23.8 Å². The molecule has 1 aliphatic heterocycles. The maximum Gasteiger partial charge on any atom is 0.238 e. The summed E-state index contributed by atoms with van der Waals surface area (Å²) in [6, 6.07) is 6.17. The third-order valence-corrected chi connectivity index (χ3v) is 4.70. The molecule has 0 radical (unpaired) electrons. The molecule has 1 N–H and O–H groups in total. The largest absolute Gasteiger partial charge is 0.353 e. The molecule has 1 aromatic carbocycles. The van der Waals surface area contributed by atoms with E-state index >= 15 is 0 Å². The van der Waals surface area contributed by atoms with Gasteiger partial charge in [-0.3, -0.25) is 14.4 Å². The van der Waals surface area contributed by atoms with Crippen LogP contribution >= 0.6 is 0 Å². The Kier molecular flexibility index (Phi) is 4.68. The van der Waals surface area contributed by atoms with Crippen molar-refractivity contribution in [1.82, 2.24) is 24.6 Å². The number of halogens is 1. The number of rotatable bonds is 4. The number of carbonyl (C=O) groups excluding carboxylic acids is 1. The summed E-state index contributed by atoms with van der Waals surface area (Å²) in [5.74, 6) is 0.216. The Bertz CT molecular complexity index is 965. The molecule has 3 heterocycles. The fourth-order valence-electron chi connectivity index (χ4n) is 3.27. The van der Waals surface area contributed by atoms with Gasteiger partial charge in [0.25, 0.3) is 0 Å². The third kappa shape index (κ3) is 3.59. The third-order valence-electron chi connectivity index (χ3n) is 4.70. The Hall–Kier alpha value is -3.07. The van der Waals surface area contributed by atoms with Gasteiger partial charge in [-0.15, -0.1) is 0 Å². The summed E-state index contributed by atoms with van der Waals surface area (Å²) < 4.78 is 15.4. The first-order valence-electron chi connectivity index (χ1n) is 8.76. The number of aromatic nitrogens is 4. The Labute approximate surface area is 155 Å². The van der Waals surface area contributed by atoms with Crippen molar-refractivity contribution < 1.29 is 9.18 Å². The van der Waals surface area contributed by atoms with Crippen LogP contribution in [0.3, 0.4) is 0 Å². The second-order valence-electron chi connectivity index (χ2n) is 6.49. The highest BCUT2D eigenvalue weighted by Crippen LogP contribution is 2.23. The fraction of sp³-hybridized carbons (Fsp3) is 0.333. The van der Waals surface area contributed by atoms with Crippen molar-refractivity contribution in [2.75, 3.05) is 42.9 Å². The van der Waals surface area contributed by atoms with Crippen LogP contribution in [0, 0.1) is 5.82 Å². The van der Waals surface area contributed by atoms with Crippen molar-refractivity contribution >= 4 is 28.4 Å². The lowest BCUT2D eigenvalue weighted by atomic mass is 10.2. The lowest BCUT2D eigenvalue weighted by molar-refractivity contribution is -0.117. The van der Waals surface area contributed by atoms with E-state index in [-0.39, 0.29) is 18.1 Å². The first kappa shape index (κ1) is 17.3. The average Bonchev–Trinajstić information content (AvgIpc) is 3.06. The minimum atomic E-state index is -0.431. The summed E-state index contributed by atoms with van der Waals surface area (Å²) in [5.41, 5.74) is 1.01. The number of para-hydroxylation sites is 1. The van der Waals surface area contributed by atoms with Crippen LogP contribution in [0.4, 0.5) is 15.9 Å². The number of piperazine rings is 1. The Morgan fingerprint density at radius 3 is 2.74 bits per heavy atom. The summed E-state index contributed by atoms with van der Waals surface area (Å²) in [4.78, 5) is 25.1. The summed E-state index contributed by atoms with van der Waals surface area (Å²) in [6.45, 7) is 3.16. The Balaban J connectivity index is 1.36. The monoisotopic (exact) mass is 369 g/mol. The van der Waals surface area contributed by atoms with Gasteiger partial charge >= 0.3 is 0 Å². The summed E-state index contributed by atoms with van der Waals surface area (Å²) in [5, 5.41) is 7.79. The second-order valence-corrected chi connectivity index (χ2v) is 6.49. The van der Waals surface area contributed by atoms with E-state index in [4.69, 9.17) is 0 Å². The maximum absolute atomic E-state index is 13.6. The molecule has 27 heavy (non-hydrogen) atoms. The standard InChI is InChI=1S/C18H20FN7O/c1-24-17-13(10-22-24)18(21-12-20-17)26-8-6-25(7-9-26)11-16(27)23-15-5-3-2-4-14(15)19/h2-5,10,12H,6-9,11H2,1H3,(H,23,27). The van der Waals surface area contributed by atoms with E-state index in [2.05, 4.69) is 25.3 Å². The first-order valence-corrected chi connectivity index (χ1v) is 8.76. The number of fused-ring (bicyclic) bond motifs is 1. The van der Waals surface area contributed by atoms with Gasteiger partial charge in [0.1, 0.15) is 18.0 Å². The highest BCUT2D eigenvalue weighted by Gasteiger charge is 2.22. The molecule has 4 rings (SSSR count). The molecule has 0 saturated carbocycles. The zero-order chi connectivity index (χ0) is 18.8. The Morgan fingerprint density at radius 2 is 1.96 bits per heavy atom. The molecular weight excluding hydrogens is 349 g/mol. The normalized spacial score (nSPS) is 15.3. The van der Waals surface area contributed by atoms with Crippen LogP contribution in [-0.2, 0) is 11.8 Å². The van der Waals surface area contributed by atoms with Crippen molar-refractivity contribution in [2.45, 2.75) is 0 Å². The van der Waals surface area contributed by atoms with Crippen LogP contribution in [0.2, 0.25) is 0 Å². The number of hydrogen-bond acceptors (Lipinski definition) is 6. The highest BCUT2D eigenvalue weighted by molar-refractivity contribution is 5.92. The van der Waals surface area contributed by atoms with Gasteiger partial charge in [0, 0.05) is 33.2 Å². The number of nitrogens with one attached hydrogen (secondary N) is 1. The molecule has 0 atom stereocenters. The average molecular weight is 369 g/mol. The summed E-state index contributed by atoms with van der Waals surface area (Å²) in [7, 11) is 1.85. The molecule has 1 amide bonds. The molecule has 1 aliphatic rings. The molecule has 0 aliphatic carbocycles. The molecule has 3 aromatic rings. The summed E-state index contributed by atoms with van der Waals surface area (Å²) >= 11 is 0. The zero-order valence-electron chi connectivity index (χ0n) is 15.0. The van der Waals surface area contributed by atoms with Crippen LogP contribution in [0.15, 0.2) is 36.8 Å². The number of aryl methyl sites for hydroxylation is 1. The van der Waals surface area contributed by atoms with Crippen molar-refractivity contribution in [3.8, 4) is 0 Å². The summed E-state index contributed by atoms with van der Waals surface area (Å²) in [6.07, 6.45) is 3.33. The molecule has 140 valence electrons. The van der Waals surface area contributed by atoms with E-state index in [0.29, 0.717) is 0 Å². The molecule has 0 bridgehead atoms. The highest BCUT2D eigenvalue weighted by atomic mass is 19.1. The van der Waals surface area contributed by atoms with Crippen molar-refractivity contribution in [3.63, 3.8) is 0 Å². The molecular formula is C18H20FN7O. The van der Waals surface area contributed by atoms with Crippen molar-refractivity contribution in [2.24, 2.45) is 7.05 Å². The topological polar surface area (TPSA) is 79.2 Å². The number of benzene rings is 1. The predicted molar refractivity (Wildman–Crippen MR) is 100.0 cm³/mol. The van der Waals surface area contributed by atoms with Gasteiger partial charge in [-0.2, -0.15) is 5.10 Å². The van der Waals surface area contributed by atoms with Crippen molar-refractivity contribution in [1.29, 1.82) is 0 Å². The van der Waals surface area contributed by atoms with Gasteiger partial charge in [-0.05, 0) is 12.1 Å². The molecule has 1 saturated heterocycles. The van der Waals surface area contributed by atoms with Gasteiger partial charge in [-0.1, -0.05) is 12.1 Å². The molecule has 8 nitrogen and oxygen atoms in total. The zero-order valence-corrected chi connectivity index (χ0v) is 15.0. The number of anilines is 2. The minimum absolute atomic E-state index is 0.209. The smallest absolute Gasteiger partial charge is 0.238 e. The lowest BCUT2D eigenvalue weighted by Crippen LogP contribution is -2.49. The Morgan fingerprint density at radius 1 is 1.19 bits per heavy atom. The quantitative estimate of drug-likeness (QED) is 0.746. The number of amides is 1. The van der Waals surface area contributed by atoms with E-state index in [9.17, 15) is 9.18 Å². The van der Waals surface area contributed by atoms with Crippen molar-refractivity contribution in [3.05, 3.63) is 42.6 Å². The van der Waals surface area contributed by atoms with E-state index in [1.54, 1.807) is 35.4 Å². The molecule has 0 unspecified atom stereocenters. The second kappa shape index (κ2) is 7.28. The predicted octanol–water partition coefficient (Wildman–Crippen LogP) is 1.26. The van der Waals surface area contributed by atoms with Crippen LogP contribution < -0.4 is 10.2 Å². The molecule has 2 aromatic heterocycles. The van der Waals surface area contributed by atoms with Crippen LogP contribution in [-0.4, -0.2) is 63.3 Å². The van der Waals surface area contributed by atoms with E-state index in [1.165, 1.54) is 6.07 Å². The molecule has 0 spiro atoms. The number of carbonyl (C=O) groups is 1. The van der Waals surface area contributed by atoms with Crippen LogP contribution in [0.1, 0.15) is 0 Å². The number of hydrogen-bond donors (Lipinski definition) is 1. The van der Waals surface area contributed by atoms with Crippen LogP contribution in [0.5, 0.6) is 0 Å². The van der Waals surface area contributed by atoms with Crippen LogP contribution in [0.25, 0.3) is 11.0 Å². The van der Waals surface area contributed by atoms with Gasteiger partial charge in [0.15, 0.2) is 5.65 Å². The van der Waals surface area contributed by atoms with E-state index < -0.39 is 5.82 Å². The molecule has 9 heteroatoms. The van der Waals surface area contributed by atoms with Gasteiger partial charge in [-0.25, -0.2) is 14.4 Å². The SMILES string of the molecule is Cn1ncc2c(N3CCN(CC(=O)Nc4ccccc4F)CC3)ncnc21.